The van der Waals surface area contributed by atoms with Crippen molar-refractivity contribution in [1.82, 2.24) is 19.1 Å². The molecule has 0 saturated carbocycles. The number of methoxy groups -OCH3 is 1. The molecule has 0 bridgehead atoms. The molecule has 0 atom stereocenters. The van der Waals surface area contributed by atoms with Gasteiger partial charge in [-0.1, -0.05) is 24.3 Å². The third kappa shape index (κ3) is 4.43. The minimum Gasteiger partial charge on any atom is -0.495 e. The van der Waals surface area contributed by atoms with E-state index in [1.807, 2.05) is 61.9 Å². The van der Waals surface area contributed by atoms with Crippen LogP contribution in [0.2, 0.25) is 0 Å². The van der Waals surface area contributed by atoms with Crippen molar-refractivity contribution >= 4 is 12.2 Å². The van der Waals surface area contributed by atoms with Gasteiger partial charge in [-0.05, 0) is 62.2 Å². The van der Waals surface area contributed by atoms with Crippen molar-refractivity contribution in [3.8, 4) is 11.4 Å². The summed E-state index contributed by atoms with van der Waals surface area (Å²) in [6.07, 6.45) is 7.76. The monoisotopic (exact) mass is 416 g/mol. The highest BCUT2D eigenvalue weighted by molar-refractivity contribution is 5.69. The Hall–Kier alpha value is -3.67. The van der Waals surface area contributed by atoms with Crippen LogP contribution in [0, 0.1) is 26.6 Å². The van der Waals surface area contributed by atoms with Crippen LogP contribution in [0.4, 0.5) is 4.39 Å². The van der Waals surface area contributed by atoms with Crippen molar-refractivity contribution in [1.29, 1.82) is 0 Å². The van der Waals surface area contributed by atoms with Crippen LogP contribution >= 0.6 is 0 Å². The molecule has 4 rings (SSSR count). The van der Waals surface area contributed by atoms with Gasteiger partial charge in [-0.2, -0.15) is 0 Å². The Bertz CT molecular complexity index is 1240. The predicted octanol–water partition coefficient (Wildman–Crippen LogP) is 5.36. The molecule has 0 N–H and O–H groups in total. The molecule has 0 spiro atoms. The summed E-state index contributed by atoms with van der Waals surface area (Å²) >= 11 is 0. The van der Waals surface area contributed by atoms with Gasteiger partial charge in [-0.25, -0.2) is 14.4 Å². The van der Waals surface area contributed by atoms with Crippen LogP contribution in [0.5, 0.6) is 5.75 Å². The molecule has 2 aromatic heterocycles. The maximum atomic E-state index is 13.3. The number of benzene rings is 2. The number of rotatable bonds is 6. The molecule has 0 aliphatic carbocycles. The first-order valence-corrected chi connectivity index (χ1v) is 10.1. The molecule has 0 radical (unpaired) electrons. The third-order valence-corrected chi connectivity index (χ3v) is 5.36. The Labute approximate surface area is 181 Å². The van der Waals surface area contributed by atoms with Gasteiger partial charge in [-0.15, -0.1) is 0 Å². The number of imidazole rings is 2. The SMILES string of the molecule is COc1cc(C=Cc2nc(C)c(C)n2Cc2ccc(F)cc2)ccc1-n1cnc(C)c1. The summed E-state index contributed by atoms with van der Waals surface area (Å²) in [6, 6.07) is 12.6. The Morgan fingerprint density at radius 2 is 1.81 bits per heavy atom. The maximum Gasteiger partial charge on any atom is 0.143 e. The smallest absolute Gasteiger partial charge is 0.143 e. The van der Waals surface area contributed by atoms with Gasteiger partial charge in [0.2, 0.25) is 0 Å². The first-order chi connectivity index (χ1) is 14.9. The summed E-state index contributed by atoms with van der Waals surface area (Å²) in [4.78, 5) is 9.00. The van der Waals surface area contributed by atoms with Gasteiger partial charge >= 0.3 is 0 Å². The van der Waals surface area contributed by atoms with Gasteiger partial charge in [0.15, 0.2) is 0 Å². The summed E-state index contributed by atoms with van der Waals surface area (Å²) in [5, 5.41) is 0. The molecule has 2 heterocycles. The fraction of sp³-hybridized carbons (Fsp3) is 0.200. The summed E-state index contributed by atoms with van der Waals surface area (Å²) in [6.45, 7) is 6.64. The number of halogens is 1. The maximum absolute atomic E-state index is 13.3. The second-order valence-electron chi connectivity index (χ2n) is 7.54. The molecule has 5 nitrogen and oxygen atoms in total. The minimum atomic E-state index is -0.231. The zero-order valence-electron chi connectivity index (χ0n) is 18.1. The van der Waals surface area contributed by atoms with Crippen molar-refractivity contribution in [2.45, 2.75) is 27.3 Å². The zero-order valence-corrected chi connectivity index (χ0v) is 18.1. The molecule has 0 fully saturated rings. The highest BCUT2D eigenvalue weighted by atomic mass is 19.1. The molecule has 2 aromatic carbocycles. The Morgan fingerprint density at radius 1 is 1.03 bits per heavy atom. The number of hydrogen-bond donors (Lipinski definition) is 0. The molecule has 4 aromatic rings. The average Bonchev–Trinajstić information content (AvgIpc) is 3.31. The molecular formula is C25H25FN4O. The molecule has 0 aliphatic rings. The third-order valence-electron chi connectivity index (χ3n) is 5.36. The molecule has 0 saturated heterocycles. The van der Waals surface area contributed by atoms with Crippen LogP contribution in [-0.4, -0.2) is 26.2 Å². The van der Waals surface area contributed by atoms with Crippen molar-refractivity contribution in [2.75, 3.05) is 7.11 Å². The Morgan fingerprint density at radius 3 is 2.48 bits per heavy atom. The number of aryl methyl sites for hydroxylation is 2. The van der Waals surface area contributed by atoms with Crippen LogP contribution < -0.4 is 4.74 Å². The molecule has 0 unspecified atom stereocenters. The van der Waals surface area contributed by atoms with Gasteiger partial charge < -0.3 is 13.9 Å². The van der Waals surface area contributed by atoms with E-state index in [1.165, 1.54) is 12.1 Å². The van der Waals surface area contributed by atoms with Crippen molar-refractivity contribution in [3.63, 3.8) is 0 Å². The van der Waals surface area contributed by atoms with E-state index in [2.05, 4.69) is 9.55 Å². The number of nitrogens with zero attached hydrogens (tertiary/aromatic N) is 4. The number of ether oxygens (including phenoxy) is 1. The first-order valence-electron chi connectivity index (χ1n) is 10.1. The first kappa shape index (κ1) is 20.6. The average molecular weight is 417 g/mol. The molecule has 6 heteroatoms. The number of hydrogen-bond acceptors (Lipinski definition) is 3. The lowest BCUT2D eigenvalue weighted by molar-refractivity contribution is 0.413. The van der Waals surface area contributed by atoms with E-state index in [4.69, 9.17) is 9.72 Å². The van der Waals surface area contributed by atoms with Crippen molar-refractivity contribution in [2.24, 2.45) is 0 Å². The van der Waals surface area contributed by atoms with E-state index >= 15 is 0 Å². The standard InChI is InChI=1S/C25H25FN4O/c1-17-14-29(16-27-17)23-11-7-20(13-24(23)31-4)8-12-25-28-18(2)19(3)30(25)15-21-5-9-22(26)10-6-21/h5-14,16H,15H2,1-4H3. The fourth-order valence-corrected chi connectivity index (χ4v) is 3.51. The van der Waals surface area contributed by atoms with Gasteiger partial charge in [0.1, 0.15) is 17.4 Å². The number of aromatic nitrogens is 4. The van der Waals surface area contributed by atoms with Gasteiger partial charge in [-0.3, -0.25) is 0 Å². The van der Waals surface area contributed by atoms with E-state index in [-0.39, 0.29) is 5.82 Å². The van der Waals surface area contributed by atoms with Gasteiger partial charge in [0, 0.05) is 18.4 Å². The molecule has 0 amide bonds. The van der Waals surface area contributed by atoms with E-state index in [9.17, 15) is 4.39 Å². The summed E-state index contributed by atoms with van der Waals surface area (Å²) < 4.78 is 22.9. The highest BCUT2D eigenvalue weighted by Crippen LogP contribution is 2.26. The quantitative estimate of drug-likeness (QED) is 0.425. The Kier molecular flexibility index (Phi) is 5.71. The topological polar surface area (TPSA) is 44.9 Å². The highest BCUT2D eigenvalue weighted by Gasteiger charge is 2.10. The van der Waals surface area contributed by atoms with E-state index in [0.717, 1.165) is 45.5 Å². The van der Waals surface area contributed by atoms with E-state index in [0.29, 0.717) is 6.54 Å². The van der Waals surface area contributed by atoms with Crippen LogP contribution in [-0.2, 0) is 6.54 Å². The predicted molar refractivity (Wildman–Crippen MR) is 121 cm³/mol. The van der Waals surface area contributed by atoms with E-state index in [1.54, 1.807) is 25.6 Å². The Balaban J connectivity index is 1.62. The van der Waals surface area contributed by atoms with Crippen LogP contribution in [0.25, 0.3) is 17.8 Å². The second kappa shape index (κ2) is 8.60. The van der Waals surface area contributed by atoms with Gasteiger partial charge in [0.05, 0.1) is 30.5 Å². The summed E-state index contributed by atoms with van der Waals surface area (Å²) in [7, 11) is 1.66. The summed E-state index contributed by atoms with van der Waals surface area (Å²) in [5.74, 6) is 1.39. The largest absolute Gasteiger partial charge is 0.495 e. The summed E-state index contributed by atoms with van der Waals surface area (Å²) in [5.41, 5.74) is 5.98. The molecule has 31 heavy (non-hydrogen) atoms. The van der Waals surface area contributed by atoms with Crippen LogP contribution in [0.15, 0.2) is 55.0 Å². The molecule has 158 valence electrons. The van der Waals surface area contributed by atoms with E-state index < -0.39 is 0 Å². The zero-order chi connectivity index (χ0) is 22.0. The minimum absolute atomic E-state index is 0.231. The van der Waals surface area contributed by atoms with Gasteiger partial charge in [0.25, 0.3) is 0 Å². The lowest BCUT2D eigenvalue weighted by Crippen LogP contribution is -2.04. The molecule has 0 aliphatic heterocycles. The van der Waals surface area contributed by atoms with Crippen LogP contribution in [0.1, 0.15) is 34.0 Å². The van der Waals surface area contributed by atoms with Crippen molar-refractivity contribution < 1.29 is 9.13 Å². The van der Waals surface area contributed by atoms with Crippen molar-refractivity contribution in [3.05, 3.63) is 94.8 Å². The fourth-order valence-electron chi connectivity index (χ4n) is 3.51. The molecular weight excluding hydrogens is 391 g/mol. The lowest BCUT2D eigenvalue weighted by Gasteiger charge is -2.10. The van der Waals surface area contributed by atoms with Crippen LogP contribution in [0.3, 0.4) is 0 Å². The second-order valence-corrected chi connectivity index (χ2v) is 7.54. The lowest BCUT2D eigenvalue weighted by atomic mass is 10.1. The normalized spacial score (nSPS) is 11.4.